The smallest absolute Gasteiger partial charge is 0.205 e. The van der Waals surface area contributed by atoms with Gasteiger partial charge in [-0.25, -0.2) is 4.39 Å². The van der Waals surface area contributed by atoms with Crippen molar-refractivity contribution in [2.45, 2.75) is 24.0 Å². The molecule has 3 nitrogen and oxygen atoms in total. The molecule has 1 aromatic carbocycles. The minimum atomic E-state index is -0.206. The average molecular weight is 283 g/mol. The van der Waals surface area contributed by atoms with Gasteiger partial charge in [0.05, 0.1) is 5.75 Å². The van der Waals surface area contributed by atoms with Crippen molar-refractivity contribution >= 4 is 28.2 Å². The molecule has 0 bridgehead atoms. The first-order chi connectivity index (χ1) is 8.78. The van der Waals surface area contributed by atoms with Gasteiger partial charge in [-0.05, 0) is 24.6 Å². The molecule has 1 N–H and O–H groups in total. The maximum Gasteiger partial charge on any atom is 0.205 e. The first kappa shape index (κ1) is 13.3. The molecule has 0 amide bonds. The van der Waals surface area contributed by atoms with Crippen LogP contribution in [0.4, 0.5) is 9.52 Å². The lowest BCUT2D eigenvalue weighted by atomic mass is 10.4. The highest BCUT2D eigenvalue weighted by Crippen LogP contribution is 2.26. The number of halogens is 1. The number of rotatable bonds is 6. The minimum absolute atomic E-state index is 0.206. The summed E-state index contributed by atoms with van der Waals surface area (Å²) in [5, 5.41) is 13.1. The predicted octanol–water partition coefficient (Wildman–Crippen LogP) is 3.79. The van der Waals surface area contributed by atoms with E-state index in [4.69, 9.17) is 0 Å². The number of anilines is 1. The summed E-state index contributed by atoms with van der Waals surface area (Å²) in [6, 6.07) is 6.58. The quantitative estimate of drug-likeness (QED) is 0.818. The topological polar surface area (TPSA) is 37.8 Å². The zero-order valence-corrected chi connectivity index (χ0v) is 11.7. The Hall–Kier alpha value is -1.14. The van der Waals surface area contributed by atoms with Gasteiger partial charge in [-0.2, -0.15) is 0 Å². The van der Waals surface area contributed by atoms with Gasteiger partial charge in [-0.3, -0.25) is 0 Å². The third kappa shape index (κ3) is 3.96. The normalized spacial score (nSPS) is 10.6. The molecule has 1 heterocycles. The Morgan fingerprint density at radius 3 is 3.06 bits per heavy atom. The molecule has 0 aliphatic heterocycles. The Kier molecular flexibility index (Phi) is 4.95. The number of nitrogens with one attached hydrogen (secondary N) is 1. The number of thioether (sulfide) groups is 1. The van der Waals surface area contributed by atoms with Crippen LogP contribution < -0.4 is 5.32 Å². The second kappa shape index (κ2) is 6.70. The molecule has 6 heteroatoms. The largest absolute Gasteiger partial charge is 0.360 e. The molecule has 96 valence electrons. The first-order valence-electron chi connectivity index (χ1n) is 5.72. The van der Waals surface area contributed by atoms with Crippen molar-refractivity contribution in [2.24, 2.45) is 0 Å². The molecular weight excluding hydrogens is 269 g/mol. The summed E-state index contributed by atoms with van der Waals surface area (Å²) in [5.41, 5.74) is 0. The van der Waals surface area contributed by atoms with Gasteiger partial charge in [0.2, 0.25) is 5.13 Å². The van der Waals surface area contributed by atoms with Gasteiger partial charge in [-0.15, -0.1) is 22.0 Å². The number of hydrogen-bond acceptors (Lipinski definition) is 5. The molecule has 2 aromatic rings. The van der Waals surface area contributed by atoms with E-state index in [-0.39, 0.29) is 5.82 Å². The van der Waals surface area contributed by atoms with Crippen molar-refractivity contribution in [3.8, 4) is 0 Å². The van der Waals surface area contributed by atoms with Crippen molar-refractivity contribution in [3.05, 3.63) is 35.1 Å². The molecule has 1 aromatic heterocycles. The molecule has 0 radical (unpaired) electrons. The predicted molar refractivity (Wildman–Crippen MR) is 74.7 cm³/mol. The van der Waals surface area contributed by atoms with E-state index < -0.39 is 0 Å². The second-order valence-electron chi connectivity index (χ2n) is 3.67. The lowest BCUT2D eigenvalue weighted by Crippen LogP contribution is -1.98. The summed E-state index contributed by atoms with van der Waals surface area (Å²) < 4.78 is 13.0. The molecule has 0 unspecified atom stereocenters. The fourth-order valence-electron chi connectivity index (χ4n) is 1.32. The van der Waals surface area contributed by atoms with Gasteiger partial charge in [-0.1, -0.05) is 24.3 Å². The lowest BCUT2D eigenvalue weighted by molar-refractivity contribution is 0.624. The highest BCUT2D eigenvalue weighted by Gasteiger charge is 2.04. The Bertz CT molecular complexity index is 502. The molecule has 0 saturated carbocycles. The van der Waals surface area contributed by atoms with Crippen LogP contribution in [0.25, 0.3) is 0 Å². The third-order valence-electron chi connectivity index (χ3n) is 2.15. The Morgan fingerprint density at radius 1 is 1.39 bits per heavy atom. The molecular formula is C12H14FN3S2. The number of hydrogen-bond donors (Lipinski definition) is 1. The maximum atomic E-state index is 13.0. The average Bonchev–Trinajstić information content (AvgIpc) is 2.82. The second-order valence-corrected chi connectivity index (χ2v) is 5.78. The minimum Gasteiger partial charge on any atom is -0.360 e. The molecule has 0 atom stereocenters. The van der Waals surface area contributed by atoms with E-state index in [9.17, 15) is 4.39 Å². The van der Waals surface area contributed by atoms with Crippen LogP contribution in [-0.2, 0) is 5.75 Å². The van der Waals surface area contributed by atoms with Crippen molar-refractivity contribution in [1.82, 2.24) is 10.2 Å². The zero-order valence-electron chi connectivity index (χ0n) is 10.0. The van der Waals surface area contributed by atoms with Gasteiger partial charge in [0.15, 0.2) is 0 Å². The first-order valence-corrected chi connectivity index (χ1v) is 7.52. The highest BCUT2D eigenvalue weighted by molar-refractivity contribution is 7.98. The molecule has 0 aliphatic rings. The van der Waals surface area contributed by atoms with Gasteiger partial charge in [0, 0.05) is 11.4 Å². The van der Waals surface area contributed by atoms with Crippen LogP contribution in [0.3, 0.4) is 0 Å². The molecule has 0 aliphatic carbocycles. The fraction of sp³-hybridized carbons (Fsp3) is 0.333. The Balaban J connectivity index is 1.88. The summed E-state index contributed by atoms with van der Waals surface area (Å²) in [6.45, 7) is 3.01. The van der Waals surface area contributed by atoms with Crippen molar-refractivity contribution in [1.29, 1.82) is 0 Å². The van der Waals surface area contributed by atoms with Crippen molar-refractivity contribution in [3.63, 3.8) is 0 Å². The molecule has 0 saturated heterocycles. The summed E-state index contributed by atoms with van der Waals surface area (Å²) in [7, 11) is 0. The van der Waals surface area contributed by atoms with E-state index in [0.717, 1.165) is 33.8 Å². The van der Waals surface area contributed by atoms with Crippen LogP contribution in [0.1, 0.15) is 18.4 Å². The van der Waals surface area contributed by atoms with Gasteiger partial charge >= 0.3 is 0 Å². The molecule has 0 spiro atoms. The SMILES string of the molecule is CCCNc1nnc(CSc2cccc(F)c2)s1. The summed E-state index contributed by atoms with van der Waals surface area (Å²) >= 11 is 3.11. The Labute approximate surface area is 114 Å². The van der Waals surface area contributed by atoms with Gasteiger partial charge in [0.1, 0.15) is 10.8 Å². The van der Waals surface area contributed by atoms with E-state index in [1.807, 2.05) is 6.07 Å². The van der Waals surface area contributed by atoms with E-state index in [2.05, 4.69) is 22.4 Å². The van der Waals surface area contributed by atoms with Crippen LogP contribution in [0.5, 0.6) is 0 Å². The summed E-state index contributed by atoms with van der Waals surface area (Å²) in [5.74, 6) is 0.511. The Morgan fingerprint density at radius 2 is 2.28 bits per heavy atom. The maximum absolute atomic E-state index is 13.0. The number of nitrogens with zero attached hydrogens (tertiary/aromatic N) is 2. The molecule has 18 heavy (non-hydrogen) atoms. The van der Waals surface area contributed by atoms with Crippen LogP contribution >= 0.6 is 23.1 Å². The van der Waals surface area contributed by atoms with Crippen LogP contribution in [0.2, 0.25) is 0 Å². The van der Waals surface area contributed by atoms with Gasteiger partial charge in [0.25, 0.3) is 0 Å². The standard InChI is InChI=1S/C12H14FN3S2/c1-2-6-14-12-16-15-11(18-12)8-17-10-5-3-4-9(13)7-10/h3-5,7H,2,6,8H2,1H3,(H,14,16). The fourth-order valence-corrected chi connectivity index (χ4v) is 3.01. The van der Waals surface area contributed by atoms with Crippen LogP contribution in [-0.4, -0.2) is 16.7 Å². The van der Waals surface area contributed by atoms with Crippen LogP contribution in [0, 0.1) is 5.82 Å². The van der Waals surface area contributed by atoms with Crippen molar-refractivity contribution in [2.75, 3.05) is 11.9 Å². The van der Waals surface area contributed by atoms with Gasteiger partial charge < -0.3 is 5.32 Å². The summed E-state index contributed by atoms with van der Waals surface area (Å²) in [6.07, 6.45) is 1.06. The van der Waals surface area contributed by atoms with Crippen molar-refractivity contribution < 1.29 is 4.39 Å². The van der Waals surface area contributed by atoms with E-state index >= 15 is 0 Å². The van der Waals surface area contributed by atoms with Crippen LogP contribution in [0.15, 0.2) is 29.2 Å². The summed E-state index contributed by atoms with van der Waals surface area (Å²) in [4.78, 5) is 0.910. The van der Waals surface area contributed by atoms with E-state index in [1.165, 1.54) is 12.1 Å². The zero-order chi connectivity index (χ0) is 12.8. The third-order valence-corrected chi connectivity index (χ3v) is 4.22. The number of benzene rings is 1. The van der Waals surface area contributed by atoms with E-state index in [1.54, 1.807) is 29.2 Å². The molecule has 2 rings (SSSR count). The molecule has 0 fully saturated rings. The monoisotopic (exact) mass is 283 g/mol. The number of aromatic nitrogens is 2. The highest BCUT2D eigenvalue weighted by atomic mass is 32.2. The lowest BCUT2D eigenvalue weighted by Gasteiger charge is -1.98. The van der Waals surface area contributed by atoms with E-state index in [0.29, 0.717) is 0 Å².